The summed E-state index contributed by atoms with van der Waals surface area (Å²) in [6.07, 6.45) is 3.33. The molecule has 31 heavy (non-hydrogen) atoms. The van der Waals surface area contributed by atoms with E-state index in [-0.39, 0.29) is 10.8 Å². The van der Waals surface area contributed by atoms with Gasteiger partial charge in [0.15, 0.2) is 29.7 Å². The predicted molar refractivity (Wildman–Crippen MR) is 110 cm³/mol. The van der Waals surface area contributed by atoms with Crippen molar-refractivity contribution in [3.05, 3.63) is 70.7 Å². The zero-order valence-electron chi connectivity index (χ0n) is 16.6. The summed E-state index contributed by atoms with van der Waals surface area (Å²) < 4.78 is 7.79. The van der Waals surface area contributed by atoms with Crippen molar-refractivity contribution in [3.8, 4) is 11.8 Å². The monoisotopic (exact) mass is 438 g/mol. The molecule has 4 rings (SSSR count). The normalized spacial score (nSPS) is 20.7. The fraction of sp³-hybridized carbons (Fsp3) is 0.273. The smallest absolute Gasteiger partial charge is 0.357 e. The van der Waals surface area contributed by atoms with E-state index in [0.717, 1.165) is 22.9 Å². The first kappa shape index (κ1) is 20.9. The number of fused-ring (bicyclic) bond motifs is 1. The standard InChI is InChI=1S/C22H19N3O5S/c1-13(26)17-19(27)25-18(21(28)29)22(31-20(17)25)30-16-6-4-15(5-7-16)12-24-10-2-3-14(11-24)8-9-23/h2-7,10-11,13,17,20,26H,8,12H2,1H3/p+1/t13-,17+,20-/m1/s1. The molecule has 0 bridgehead atoms. The average Bonchev–Trinajstić information content (AvgIpc) is 3.04. The van der Waals surface area contributed by atoms with E-state index < -0.39 is 29.3 Å². The fourth-order valence-corrected chi connectivity index (χ4v) is 5.14. The Kier molecular flexibility index (Phi) is 5.67. The zero-order chi connectivity index (χ0) is 22.1. The molecule has 1 aromatic carbocycles. The number of benzene rings is 1. The Morgan fingerprint density at radius 2 is 2.06 bits per heavy atom. The van der Waals surface area contributed by atoms with Crippen LogP contribution < -0.4 is 9.30 Å². The summed E-state index contributed by atoms with van der Waals surface area (Å²) >= 11 is 1.14. The second kappa shape index (κ2) is 8.41. The Hall–Kier alpha value is -3.35. The molecular formula is C22H20N3O5S+. The lowest BCUT2D eigenvalue weighted by atomic mass is 9.92. The fourth-order valence-electron chi connectivity index (χ4n) is 3.67. The van der Waals surface area contributed by atoms with E-state index in [2.05, 4.69) is 6.07 Å². The SMILES string of the molecule is C[C@@H](O)[C@H]1C(=O)N2C(C(=O)O)=C(Oc3ccc(C[n+]4cccc(CC#N)c4)cc3)S[C@H]12. The molecule has 158 valence electrons. The number of nitriles is 1. The number of hydrogen-bond acceptors (Lipinski definition) is 6. The van der Waals surface area contributed by atoms with E-state index in [1.54, 1.807) is 12.1 Å². The van der Waals surface area contributed by atoms with Gasteiger partial charge in [0, 0.05) is 17.2 Å². The van der Waals surface area contributed by atoms with E-state index in [1.165, 1.54) is 11.8 Å². The van der Waals surface area contributed by atoms with Crippen LogP contribution in [0.15, 0.2) is 59.6 Å². The third kappa shape index (κ3) is 4.00. The zero-order valence-corrected chi connectivity index (χ0v) is 17.5. The molecule has 1 amide bonds. The number of aliphatic hydroxyl groups is 1. The van der Waals surface area contributed by atoms with E-state index in [0.29, 0.717) is 18.7 Å². The second-order valence-corrected chi connectivity index (χ2v) is 8.48. The predicted octanol–water partition coefficient (Wildman–Crippen LogP) is 1.63. The number of aliphatic hydroxyl groups excluding tert-OH is 1. The summed E-state index contributed by atoms with van der Waals surface area (Å²) in [6, 6.07) is 13.2. The van der Waals surface area contributed by atoms with Gasteiger partial charge in [0.05, 0.1) is 24.5 Å². The quantitative estimate of drug-likeness (QED) is 0.499. The van der Waals surface area contributed by atoms with E-state index in [1.807, 2.05) is 41.2 Å². The summed E-state index contributed by atoms with van der Waals surface area (Å²) in [5.41, 5.74) is 1.75. The highest BCUT2D eigenvalue weighted by atomic mass is 32.2. The van der Waals surface area contributed by atoms with Crippen LogP contribution in [-0.2, 0) is 22.6 Å². The number of β-lactam (4-membered cyclic amide) rings is 1. The van der Waals surface area contributed by atoms with Gasteiger partial charge in [0.2, 0.25) is 5.91 Å². The van der Waals surface area contributed by atoms with Gasteiger partial charge in [-0.2, -0.15) is 5.26 Å². The van der Waals surface area contributed by atoms with Crippen molar-refractivity contribution in [2.45, 2.75) is 31.4 Å². The van der Waals surface area contributed by atoms with Crippen LogP contribution in [0.4, 0.5) is 0 Å². The minimum Gasteiger partial charge on any atom is -0.476 e. The van der Waals surface area contributed by atoms with Gasteiger partial charge in [0.1, 0.15) is 11.1 Å². The molecule has 8 nitrogen and oxygen atoms in total. The van der Waals surface area contributed by atoms with Gasteiger partial charge in [-0.25, -0.2) is 9.36 Å². The van der Waals surface area contributed by atoms with Gasteiger partial charge >= 0.3 is 5.97 Å². The molecule has 0 radical (unpaired) electrons. The number of hydrogen-bond donors (Lipinski definition) is 2. The third-order valence-electron chi connectivity index (χ3n) is 5.17. The molecule has 3 atom stereocenters. The van der Waals surface area contributed by atoms with Crippen molar-refractivity contribution in [3.63, 3.8) is 0 Å². The summed E-state index contributed by atoms with van der Waals surface area (Å²) in [6.45, 7) is 2.13. The molecule has 0 unspecified atom stereocenters. The van der Waals surface area contributed by atoms with E-state index in [9.17, 15) is 19.8 Å². The van der Waals surface area contributed by atoms with Crippen LogP contribution in [0.3, 0.4) is 0 Å². The average molecular weight is 438 g/mol. The molecular weight excluding hydrogens is 418 g/mol. The first-order valence-corrected chi connectivity index (χ1v) is 10.5. The first-order valence-electron chi connectivity index (χ1n) is 9.66. The number of carboxylic acids is 1. The topological polar surface area (TPSA) is 115 Å². The number of aliphatic carboxylic acids is 1. The Morgan fingerprint density at radius 3 is 2.71 bits per heavy atom. The number of carboxylic acid groups (broad SMARTS) is 1. The second-order valence-electron chi connectivity index (χ2n) is 7.39. The molecule has 3 heterocycles. The van der Waals surface area contributed by atoms with Crippen molar-refractivity contribution in [2.24, 2.45) is 5.92 Å². The van der Waals surface area contributed by atoms with Crippen molar-refractivity contribution >= 4 is 23.6 Å². The molecule has 2 N–H and O–H groups in total. The van der Waals surface area contributed by atoms with Crippen molar-refractivity contribution < 1.29 is 29.1 Å². The maximum Gasteiger partial charge on any atom is 0.357 e. The number of ether oxygens (including phenoxy) is 1. The molecule has 2 aliphatic rings. The summed E-state index contributed by atoms with van der Waals surface area (Å²) in [4.78, 5) is 25.2. The van der Waals surface area contributed by atoms with Crippen LogP contribution in [0.2, 0.25) is 0 Å². The van der Waals surface area contributed by atoms with Gasteiger partial charge in [0.25, 0.3) is 0 Å². The maximum absolute atomic E-state index is 12.3. The highest BCUT2D eigenvalue weighted by Gasteiger charge is 2.58. The van der Waals surface area contributed by atoms with Gasteiger partial charge < -0.3 is 14.9 Å². The van der Waals surface area contributed by atoms with Crippen molar-refractivity contribution in [1.29, 1.82) is 5.26 Å². The number of aromatic nitrogens is 1. The molecule has 9 heteroatoms. The Labute approximate surface area is 183 Å². The van der Waals surface area contributed by atoms with Crippen LogP contribution in [0.1, 0.15) is 18.1 Å². The summed E-state index contributed by atoms with van der Waals surface area (Å²) in [5.74, 6) is -1.84. The minimum absolute atomic E-state index is 0.139. The van der Waals surface area contributed by atoms with Gasteiger partial charge in [-0.3, -0.25) is 9.69 Å². The largest absolute Gasteiger partial charge is 0.476 e. The highest BCUT2D eigenvalue weighted by molar-refractivity contribution is 8.03. The molecule has 2 aliphatic heterocycles. The Bertz CT molecular complexity index is 1110. The van der Waals surface area contributed by atoms with Crippen LogP contribution in [0.25, 0.3) is 0 Å². The number of carbonyl (C=O) groups excluding carboxylic acids is 1. The number of amides is 1. The van der Waals surface area contributed by atoms with Crippen molar-refractivity contribution in [2.75, 3.05) is 0 Å². The van der Waals surface area contributed by atoms with Crippen LogP contribution >= 0.6 is 11.8 Å². The lowest BCUT2D eigenvalue weighted by molar-refractivity contribution is -0.688. The van der Waals surface area contributed by atoms with Crippen molar-refractivity contribution in [1.82, 2.24) is 4.90 Å². The van der Waals surface area contributed by atoms with Gasteiger partial charge in [-0.1, -0.05) is 11.8 Å². The number of carbonyl (C=O) groups is 2. The molecule has 1 aromatic heterocycles. The van der Waals surface area contributed by atoms with E-state index >= 15 is 0 Å². The first-order chi connectivity index (χ1) is 14.9. The van der Waals surface area contributed by atoms with Crippen LogP contribution in [-0.4, -0.2) is 38.5 Å². The third-order valence-corrected chi connectivity index (χ3v) is 6.41. The number of nitrogens with zero attached hydrogens (tertiary/aromatic N) is 3. The van der Waals surface area contributed by atoms with Gasteiger partial charge in [-0.15, -0.1) is 0 Å². The number of pyridine rings is 1. The van der Waals surface area contributed by atoms with Crippen LogP contribution in [0.5, 0.6) is 5.75 Å². The number of thioether (sulfide) groups is 1. The Balaban J connectivity index is 1.48. The minimum atomic E-state index is -1.24. The summed E-state index contributed by atoms with van der Waals surface area (Å²) in [7, 11) is 0. The van der Waals surface area contributed by atoms with Gasteiger partial charge in [-0.05, 0) is 37.3 Å². The highest BCUT2D eigenvalue weighted by Crippen LogP contribution is 2.50. The maximum atomic E-state index is 12.3. The molecule has 0 aliphatic carbocycles. The summed E-state index contributed by atoms with van der Waals surface area (Å²) in [5, 5.41) is 27.9. The Morgan fingerprint density at radius 1 is 1.32 bits per heavy atom. The molecule has 0 saturated carbocycles. The molecule has 1 fully saturated rings. The molecule has 2 aromatic rings. The molecule has 0 spiro atoms. The van der Waals surface area contributed by atoms with E-state index in [4.69, 9.17) is 10.00 Å². The lowest BCUT2D eigenvalue weighted by Crippen LogP contribution is -2.60. The number of rotatable bonds is 7. The lowest BCUT2D eigenvalue weighted by Gasteiger charge is -2.43. The van der Waals surface area contributed by atoms with Crippen LogP contribution in [0, 0.1) is 17.2 Å². The molecule has 1 saturated heterocycles.